The van der Waals surface area contributed by atoms with Crippen LogP contribution in [-0.2, 0) is 24.3 Å². The molecule has 0 radical (unpaired) electrons. The van der Waals surface area contributed by atoms with Gasteiger partial charge in [-0.3, -0.25) is 19.4 Å². The summed E-state index contributed by atoms with van der Waals surface area (Å²) in [6.45, 7) is 1.78. The normalized spacial score (nSPS) is 19.1. The molecule has 2 aromatic rings. The third-order valence-electron chi connectivity index (χ3n) is 5.01. The van der Waals surface area contributed by atoms with Crippen molar-refractivity contribution in [1.82, 2.24) is 35.2 Å². The van der Waals surface area contributed by atoms with Crippen LogP contribution in [0.15, 0.2) is 12.7 Å². The number of carbonyl (C=O) groups is 2. The number of carbonyl (C=O) groups excluding carboxylic acids is 2. The number of aromatic amines is 1. The van der Waals surface area contributed by atoms with Crippen LogP contribution >= 0.6 is 11.8 Å². The van der Waals surface area contributed by atoms with Gasteiger partial charge in [0.05, 0.1) is 12.2 Å². The largest absolute Gasteiger partial charge is 0.347 e. The SMILES string of the molecule is O=C(NC1CCSC1)c1n[nH]c2c1CCN(C(=O)CCCn1cncn1)C2. The molecule has 2 N–H and O–H groups in total. The number of H-pyrrole nitrogens is 1. The average molecular weight is 389 g/mol. The van der Waals surface area contributed by atoms with Crippen LogP contribution in [0.1, 0.15) is 41.0 Å². The molecule has 2 aromatic heterocycles. The standard InChI is InChI=1S/C17H23N7O2S/c25-15(2-1-5-24-11-18-10-19-24)23-6-3-13-14(8-23)21-22-16(13)17(26)20-12-4-7-27-9-12/h10-12H,1-9H2,(H,20,26)(H,21,22). The fourth-order valence-corrected chi connectivity index (χ4v) is 4.67. The van der Waals surface area contributed by atoms with Crippen LogP contribution in [0.5, 0.6) is 0 Å². The summed E-state index contributed by atoms with van der Waals surface area (Å²) in [4.78, 5) is 30.7. The zero-order valence-corrected chi connectivity index (χ0v) is 15.9. The van der Waals surface area contributed by atoms with Crippen molar-refractivity contribution in [3.63, 3.8) is 0 Å². The summed E-state index contributed by atoms with van der Waals surface area (Å²) in [7, 11) is 0. The van der Waals surface area contributed by atoms with Crippen molar-refractivity contribution in [3.05, 3.63) is 29.6 Å². The minimum atomic E-state index is -0.104. The lowest BCUT2D eigenvalue weighted by Crippen LogP contribution is -2.38. The van der Waals surface area contributed by atoms with E-state index in [1.165, 1.54) is 6.33 Å². The van der Waals surface area contributed by atoms with E-state index in [0.717, 1.165) is 35.6 Å². The van der Waals surface area contributed by atoms with E-state index in [-0.39, 0.29) is 17.9 Å². The van der Waals surface area contributed by atoms with Crippen LogP contribution in [0, 0.1) is 0 Å². The van der Waals surface area contributed by atoms with Crippen LogP contribution in [0.3, 0.4) is 0 Å². The highest BCUT2D eigenvalue weighted by atomic mass is 32.2. The molecule has 0 saturated carbocycles. The second-order valence-corrected chi connectivity index (χ2v) is 8.04. The minimum absolute atomic E-state index is 0.104. The molecule has 9 nitrogen and oxygen atoms in total. The number of fused-ring (bicyclic) bond motifs is 1. The Labute approximate surface area is 161 Å². The van der Waals surface area contributed by atoms with Crippen molar-refractivity contribution >= 4 is 23.6 Å². The highest BCUT2D eigenvalue weighted by Gasteiger charge is 2.28. The molecule has 2 aliphatic heterocycles. The third kappa shape index (κ3) is 4.15. The smallest absolute Gasteiger partial charge is 0.272 e. The van der Waals surface area contributed by atoms with Gasteiger partial charge in [0.1, 0.15) is 12.7 Å². The van der Waals surface area contributed by atoms with Gasteiger partial charge < -0.3 is 10.2 Å². The first kappa shape index (κ1) is 18.0. The Balaban J connectivity index is 1.31. The zero-order valence-electron chi connectivity index (χ0n) is 15.1. The Morgan fingerprint density at radius 2 is 2.33 bits per heavy atom. The molecule has 2 aliphatic rings. The third-order valence-corrected chi connectivity index (χ3v) is 6.17. The van der Waals surface area contributed by atoms with Crippen molar-refractivity contribution in [2.75, 3.05) is 18.1 Å². The van der Waals surface area contributed by atoms with Crippen molar-refractivity contribution in [2.45, 2.75) is 44.8 Å². The Morgan fingerprint density at radius 1 is 1.41 bits per heavy atom. The molecule has 2 amide bonds. The molecular formula is C17H23N7O2S. The summed E-state index contributed by atoms with van der Waals surface area (Å²) >= 11 is 1.86. The number of hydrogen-bond donors (Lipinski definition) is 2. The average Bonchev–Trinajstić information content (AvgIpc) is 3.42. The molecule has 1 unspecified atom stereocenters. The molecule has 144 valence electrons. The maximum absolute atomic E-state index is 12.5. The molecular weight excluding hydrogens is 366 g/mol. The summed E-state index contributed by atoms with van der Waals surface area (Å²) in [5, 5.41) is 14.3. The Morgan fingerprint density at radius 3 is 3.11 bits per heavy atom. The molecule has 1 saturated heterocycles. The first-order valence-corrected chi connectivity index (χ1v) is 10.4. The zero-order chi connectivity index (χ0) is 18.6. The molecule has 10 heteroatoms. The Hall–Kier alpha value is -2.36. The van der Waals surface area contributed by atoms with E-state index in [2.05, 4.69) is 25.6 Å². The van der Waals surface area contributed by atoms with Crippen molar-refractivity contribution in [1.29, 1.82) is 0 Å². The second-order valence-electron chi connectivity index (χ2n) is 6.89. The summed E-state index contributed by atoms with van der Waals surface area (Å²) in [5.41, 5.74) is 2.31. The lowest BCUT2D eigenvalue weighted by atomic mass is 10.0. The first-order chi connectivity index (χ1) is 13.2. The van der Waals surface area contributed by atoms with E-state index >= 15 is 0 Å². The van der Waals surface area contributed by atoms with E-state index < -0.39 is 0 Å². The summed E-state index contributed by atoms with van der Waals surface area (Å²) < 4.78 is 1.73. The van der Waals surface area contributed by atoms with Crippen molar-refractivity contribution in [2.24, 2.45) is 0 Å². The number of nitrogens with zero attached hydrogens (tertiary/aromatic N) is 5. The number of rotatable bonds is 6. The van der Waals surface area contributed by atoms with Crippen LogP contribution in [0.25, 0.3) is 0 Å². The van der Waals surface area contributed by atoms with Gasteiger partial charge in [0.25, 0.3) is 5.91 Å². The van der Waals surface area contributed by atoms with Gasteiger partial charge >= 0.3 is 0 Å². The topological polar surface area (TPSA) is 109 Å². The predicted octanol–water partition coefficient (Wildman–Crippen LogP) is 0.602. The van der Waals surface area contributed by atoms with E-state index in [1.54, 1.807) is 11.0 Å². The summed E-state index contributed by atoms with van der Waals surface area (Å²) in [5.74, 6) is 2.07. The molecule has 4 rings (SSSR count). The van der Waals surface area contributed by atoms with Gasteiger partial charge in [-0.25, -0.2) is 4.98 Å². The molecule has 4 heterocycles. The molecule has 0 spiro atoms. The van der Waals surface area contributed by atoms with Crippen LogP contribution in [0.4, 0.5) is 0 Å². The number of aromatic nitrogens is 5. The molecule has 0 aliphatic carbocycles. The predicted molar refractivity (Wildman–Crippen MR) is 100 cm³/mol. The number of amides is 2. The molecule has 1 fully saturated rings. The summed E-state index contributed by atoms with van der Waals surface area (Å²) in [6, 6.07) is 0.238. The molecule has 0 bridgehead atoms. The van der Waals surface area contributed by atoms with E-state index in [4.69, 9.17) is 0 Å². The van der Waals surface area contributed by atoms with Gasteiger partial charge in [-0.1, -0.05) is 0 Å². The minimum Gasteiger partial charge on any atom is -0.347 e. The number of hydrogen-bond acceptors (Lipinski definition) is 6. The van der Waals surface area contributed by atoms with Crippen LogP contribution < -0.4 is 5.32 Å². The van der Waals surface area contributed by atoms with Crippen LogP contribution in [-0.4, -0.2) is 65.8 Å². The summed E-state index contributed by atoms with van der Waals surface area (Å²) in [6.07, 6.45) is 6.00. The van der Waals surface area contributed by atoms with E-state index in [0.29, 0.717) is 38.2 Å². The quantitative estimate of drug-likeness (QED) is 0.749. The lowest BCUT2D eigenvalue weighted by molar-refractivity contribution is -0.132. The molecule has 0 aromatic carbocycles. The molecule has 1 atom stereocenters. The van der Waals surface area contributed by atoms with Gasteiger partial charge in [-0.05, 0) is 25.0 Å². The van der Waals surface area contributed by atoms with Gasteiger partial charge in [-0.15, -0.1) is 0 Å². The fraction of sp³-hybridized carbons (Fsp3) is 0.588. The van der Waals surface area contributed by atoms with Crippen molar-refractivity contribution < 1.29 is 9.59 Å². The first-order valence-electron chi connectivity index (χ1n) is 9.25. The van der Waals surface area contributed by atoms with Gasteiger partial charge in [-0.2, -0.15) is 22.0 Å². The molecule has 27 heavy (non-hydrogen) atoms. The van der Waals surface area contributed by atoms with Crippen molar-refractivity contribution in [3.8, 4) is 0 Å². The Bertz CT molecular complexity index is 798. The number of thioether (sulfide) groups is 1. The highest BCUT2D eigenvalue weighted by Crippen LogP contribution is 2.22. The lowest BCUT2D eigenvalue weighted by Gasteiger charge is -2.27. The second kappa shape index (κ2) is 8.12. The van der Waals surface area contributed by atoms with Gasteiger partial charge in [0.2, 0.25) is 5.91 Å². The van der Waals surface area contributed by atoms with Crippen LogP contribution in [0.2, 0.25) is 0 Å². The highest BCUT2D eigenvalue weighted by molar-refractivity contribution is 7.99. The number of nitrogens with one attached hydrogen (secondary N) is 2. The maximum atomic E-state index is 12.5. The Kier molecular flexibility index (Phi) is 5.42. The van der Waals surface area contributed by atoms with Gasteiger partial charge in [0.15, 0.2) is 5.69 Å². The van der Waals surface area contributed by atoms with Gasteiger partial charge in [0, 0.05) is 36.9 Å². The van der Waals surface area contributed by atoms with E-state index in [9.17, 15) is 9.59 Å². The number of aryl methyl sites for hydroxylation is 1. The fourth-order valence-electron chi connectivity index (χ4n) is 3.52. The monoisotopic (exact) mass is 389 g/mol. The maximum Gasteiger partial charge on any atom is 0.272 e. The van der Waals surface area contributed by atoms with E-state index in [1.807, 2.05) is 16.7 Å².